The Kier molecular flexibility index (Phi) is 15.2. The first-order valence-electron chi connectivity index (χ1n) is 9.26. The summed E-state index contributed by atoms with van der Waals surface area (Å²) >= 11 is 0. The summed E-state index contributed by atoms with van der Waals surface area (Å²) in [5, 5.41) is 9.29. The first kappa shape index (κ1) is 24.3. The lowest BCUT2D eigenvalue weighted by molar-refractivity contribution is 0.0900. The van der Waals surface area contributed by atoms with Gasteiger partial charge < -0.3 is 28.0 Å². The van der Waals surface area contributed by atoms with Gasteiger partial charge in [0.25, 0.3) is 0 Å². The molecule has 0 rings (SSSR count). The Morgan fingerprint density at radius 3 is 2.04 bits per heavy atom. The van der Waals surface area contributed by atoms with Gasteiger partial charge >= 0.3 is 14.9 Å². The lowest BCUT2D eigenvalue weighted by Crippen LogP contribution is -2.43. The molecule has 7 nitrogen and oxygen atoms in total. The number of unbranched alkanes of at least 4 members (excludes halogenated alkanes) is 5. The molecule has 0 aromatic carbocycles. The molecule has 0 saturated heterocycles. The van der Waals surface area contributed by atoms with Gasteiger partial charge in [0.2, 0.25) is 0 Å². The highest BCUT2D eigenvalue weighted by Crippen LogP contribution is 2.15. The van der Waals surface area contributed by atoms with Gasteiger partial charge in [0.15, 0.2) is 0 Å². The quantitative estimate of drug-likeness (QED) is 0.307. The van der Waals surface area contributed by atoms with Crippen molar-refractivity contribution in [2.75, 3.05) is 47.6 Å². The third kappa shape index (κ3) is 11.5. The summed E-state index contributed by atoms with van der Waals surface area (Å²) in [7, 11) is 2.05. The van der Waals surface area contributed by atoms with Gasteiger partial charge in [0.1, 0.15) is 0 Å². The van der Waals surface area contributed by atoms with Crippen LogP contribution < -0.4 is 0 Å². The van der Waals surface area contributed by atoms with Crippen LogP contribution in [0.1, 0.15) is 51.9 Å². The Hall–Kier alpha value is -0.673. The van der Waals surface area contributed by atoms with E-state index in [0.717, 1.165) is 6.42 Å². The summed E-state index contributed by atoms with van der Waals surface area (Å²) in [6.45, 7) is 4.14. The van der Waals surface area contributed by atoms with Crippen molar-refractivity contribution in [2.45, 2.75) is 57.9 Å². The molecule has 1 N–H and O–H groups in total. The van der Waals surface area contributed by atoms with Gasteiger partial charge in [-0.25, -0.2) is 4.79 Å². The maximum atomic E-state index is 11.3. The van der Waals surface area contributed by atoms with E-state index >= 15 is 0 Å². The molecule has 0 aromatic rings. The Morgan fingerprint density at radius 1 is 0.880 bits per heavy atom. The van der Waals surface area contributed by atoms with E-state index in [4.69, 9.17) is 18.0 Å². The molecule has 0 atom stereocenters. The SMILES string of the molecule is CCCCCCCCOCCN(CCC[Si](OC)(OC)OC)C(=O)O. The Balaban J connectivity index is 3.87. The van der Waals surface area contributed by atoms with Crippen LogP contribution in [0, 0.1) is 0 Å². The van der Waals surface area contributed by atoms with E-state index in [2.05, 4.69) is 6.92 Å². The highest BCUT2D eigenvalue weighted by Gasteiger charge is 2.37. The van der Waals surface area contributed by atoms with Crippen LogP contribution in [0.2, 0.25) is 6.04 Å². The largest absolute Gasteiger partial charge is 0.500 e. The minimum atomic E-state index is -2.63. The number of ether oxygens (including phenoxy) is 1. The summed E-state index contributed by atoms with van der Waals surface area (Å²) in [5.74, 6) is 0. The monoisotopic (exact) mass is 379 g/mol. The van der Waals surface area contributed by atoms with Crippen molar-refractivity contribution in [3.8, 4) is 0 Å². The molecule has 0 aliphatic rings. The molecule has 25 heavy (non-hydrogen) atoms. The predicted octanol–water partition coefficient (Wildman–Crippen LogP) is 3.61. The molecule has 0 spiro atoms. The zero-order valence-electron chi connectivity index (χ0n) is 16.4. The lowest BCUT2D eigenvalue weighted by Gasteiger charge is -2.25. The third-order valence-corrected chi connectivity index (χ3v) is 7.09. The van der Waals surface area contributed by atoms with E-state index < -0.39 is 14.9 Å². The van der Waals surface area contributed by atoms with Gasteiger partial charge in [-0.2, -0.15) is 0 Å². The Morgan fingerprint density at radius 2 is 1.48 bits per heavy atom. The first-order valence-corrected chi connectivity index (χ1v) is 11.2. The molecule has 0 aliphatic carbocycles. The fourth-order valence-corrected chi connectivity index (χ4v) is 4.31. The third-order valence-electron chi connectivity index (χ3n) is 4.26. The summed E-state index contributed by atoms with van der Waals surface area (Å²) < 4.78 is 21.6. The van der Waals surface area contributed by atoms with Crippen molar-refractivity contribution in [1.82, 2.24) is 4.90 Å². The van der Waals surface area contributed by atoms with Crippen molar-refractivity contribution in [3.05, 3.63) is 0 Å². The molecule has 0 unspecified atom stereocenters. The number of nitrogens with zero attached hydrogens (tertiary/aromatic N) is 1. The Labute approximate surface area is 153 Å². The molecule has 1 amide bonds. The molecule has 0 heterocycles. The first-order chi connectivity index (χ1) is 12.0. The van der Waals surface area contributed by atoms with E-state index in [1.165, 1.54) is 37.0 Å². The second-order valence-corrected chi connectivity index (χ2v) is 9.14. The molecule has 150 valence electrons. The van der Waals surface area contributed by atoms with Crippen molar-refractivity contribution in [2.24, 2.45) is 0 Å². The van der Waals surface area contributed by atoms with Crippen LogP contribution in [0.5, 0.6) is 0 Å². The van der Waals surface area contributed by atoms with Gasteiger partial charge in [-0.3, -0.25) is 0 Å². The van der Waals surface area contributed by atoms with Gasteiger partial charge in [0, 0.05) is 47.1 Å². The molecule has 0 bridgehead atoms. The van der Waals surface area contributed by atoms with Crippen LogP contribution in [0.4, 0.5) is 4.79 Å². The number of carbonyl (C=O) groups is 1. The van der Waals surface area contributed by atoms with Crippen LogP contribution in [-0.4, -0.2) is 72.5 Å². The average molecular weight is 380 g/mol. The molecular weight excluding hydrogens is 342 g/mol. The fraction of sp³-hybridized carbons (Fsp3) is 0.941. The van der Waals surface area contributed by atoms with E-state index in [1.54, 1.807) is 21.3 Å². The lowest BCUT2D eigenvalue weighted by atomic mass is 10.1. The van der Waals surface area contributed by atoms with Crippen molar-refractivity contribution in [3.63, 3.8) is 0 Å². The summed E-state index contributed by atoms with van der Waals surface area (Å²) in [6, 6.07) is 0.582. The fourth-order valence-electron chi connectivity index (χ4n) is 2.61. The minimum Gasteiger partial charge on any atom is -0.465 e. The number of carboxylic acid groups (broad SMARTS) is 1. The van der Waals surface area contributed by atoms with E-state index in [9.17, 15) is 9.90 Å². The predicted molar refractivity (Wildman–Crippen MR) is 100.0 cm³/mol. The molecule has 0 fully saturated rings. The minimum absolute atomic E-state index is 0.382. The maximum absolute atomic E-state index is 11.3. The molecule has 8 heteroatoms. The van der Waals surface area contributed by atoms with Crippen LogP contribution in [0.15, 0.2) is 0 Å². The van der Waals surface area contributed by atoms with Crippen molar-refractivity contribution >= 4 is 14.9 Å². The summed E-state index contributed by atoms with van der Waals surface area (Å²) in [4.78, 5) is 12.7. The zero-order valence-corrected chi connectivity index (χ0v) is 17.4. The molecule has 0 aliphatic heterocycles. The van der Waals surface area contributed by atoms with Crippen LogP contribution >= 0.6 is 0 Å². The zero-order chi connectivity index (χ0) is 19.0. The summed E-state index contributed by atoms with van der Waals surface area (Å²) in [6.07, 6.45) is 7.02. The number of hydrogen-bond acceptors (Lipinski definition) is 5. The van der Waals surface area contributed by atoms with E-state index in [0.29, 0.717) is 38.8 Å². The summed E-state index contributed by atoms with van der Waals surface area (Å²) in [5.41, 5.74) is 0. The van der Waals surface area contributed by atoms with Gasteiger partial charge in [-0.15, -0.1) is 0 Å². The average Bonchev–Trinajstić information content (AvgIpc) is 2.62. The van der Waals surface area contributed by atoms with Crippen LogP contribution in [0.3, 0.4) is 0 Å². The van der Waals surface area contributed by atoms with Gasteiger partial charge in [0.05, 0.1) is 6.61 Å². The van der Waals surface area contributed by atoms with Crippen molar-refractivity contribution in [1.29, 1.82) is 0 Å². The number of amides is 1. The maximum Gasteiger partial charge on any atom is 0.500 e. The van der Waals surface area contributed by atoms with Crippen LogP contribution in [0.25, 0.3) is 0 Å². The standard InChI is InChI=1S/C17H37NO6Si/c1-5-6-7-8-9-10-14-24-15-13-18(17(19)20)12-11-16-25(21-2,22-3)23-4/h5-16H2,1-4H3,(H,19,20). The van der Waals surface area contributed by atoms with Gasteiger partial charge in [-0.1, -0.05) is 39.0 Å². The van der Waals surface area contributed by atoms with E-state index in [1.807, 2.05) is 0 Å². The molecule has 0 radical (unpaired) electrons. The number of hydrogen-bond donors (Lipinski definition) is 1. The Bertz CT molecular complexity index is 320. The topological polar surface area (TPSA) is 77.5 Å². The van der Waals surface area contributed by atoms with Crippen LogP contribution in [-0.2, 0) is 18.0 Å². The number of rotatable bonds is 17. The molecule has 0 aromatic heterocycles. The normalized spacial score (nSPS) is 11.7. The second kappa shape index (κ2) is 15.6. The van der Waals surface area contributed by atoms with Gasteiger partial charge in [-0.05, 0) is 12.8 Å². The molecule has 0 saturated carbocycles. The smallest absolute Gasteiger partial charge is 0.465 e. The molecular formula is C17H37NO6Si. The highest BCUT2D eigenvalue weighted by atomic mass is 28.4. The highest BCUT2D eigenvalue weighted by molar-refractivity contribution is 6.60. The van der Waals surface area contributed by atoms with E-state index in [-0.39, 0.29) is 0 Å². The van der Waals surface area contributed by atoms with Crippen molar-refractivity contribution < 1.29 is 27.9 Å². The second-order valence-electron chi connectivity index (χ2n) is 6.05.